The molecular weight excluding hydrogens is 442 g/mol. The van der Waals surface area contributed by atoms with Gasteiger partial charge in [-0.15, -0.1) is 0 Å². The SMILES string of the molecule is CC(C(=O)Nc1cc(CC(C)(C)C)no1)c1ccc(-c2nn(C(C)C)c(N)c2C#N)c(F)c1F. The lowest BCUT2D eigenvalue weighted by Crippen LogP contribution is -2.20. The van der Waals surface area contributed by atoms with Crippen LogP contribution in [0, 0.1) is 28.4 Å². The molecule has 0 saturated carbocycles. The number of carbonyl (C=O) groups is 1. The highest BCUT2D eigenvalue weighted by Gasteiger charge is 2.27. The fraction of sp³-hybridized carbons (Fsp3) is 0.417. The van der Waals surface area contributed by atoms with Gasteiger partial charge in [-0.3, -0.25) is 10.1 Å². The summed E-state index contributed by atoms with van der Waals surface area (Å²) >= 11 is 0. The predicted octanol–water partition coefficient (Wildman–Crippen LogP) is 5.18. The number of hydrogen-bond acceptors (Lipinski definition) is 6. The van der Waals surface area contributed by atoms with Gasteiger partial charge in [0.25, 0.3) is 0 Å². The predicted molar refractivity (Wildman–Crippen MR) is 124 cm³/mol. The van der Waals surface area contributed by atoms with Gasteiger partial charge in [0, 0.05) is 23.2 Å². The number of nitrogens with zero attached hydrogens (tertiary/aromatic N) is 4. The van der Waals surface area contributed by atoms with Crippen molar-refractivity contribution in [3.63, 3.8) is 0 Å². The second-order valence-corrected chi connectivity index (χ2v) is 9.72. The lowest BCUT2D eigenvalue weighted by Gasteiger charge is -2.15. The summed E-state index contributed by atoms with van der Waals surface area (Å²) in [4.78, 5) is 12.7. The zero-order valence-electron chi connectivity index (χ0n) is 20.0. The smallest absolute Gasteiger partial charge is 0.234 e. The number of halogens is 2. The van der Waals surface area contributed by atoms with E-state index >= 15 is 8.78 Å². The molecule has 1 amide bonds. The van der Waals surface area contributed by atoms with Crippen LogP contribution in [0.1, 0.15) is 70.3 Å². The standard InChI is InChI=1S/C24H28F2N6O2/c1-12(2)32-22(28)17(11-27)21(30-32)16-8-7-15(19(25)20(16)26)13(3)23(33)29-18-9-14(31-34-18)10-24(4,5)6/h7-9,12-13H,10,28H2,1-6H3,(H,29,33). The van der Waals surface area contributed by atoms with E-state index < -0.39 is 23.5 Å². The van der Waals surface area contributed by atoms with Crippen molar-refractivity contribution < 1.29 is 18.1 Å². The summed E-state index contributed by atoms with van der Waals surface area (Å²) in [6, 6.07) is 5.92. The largest absolute Gasteiger partial charge is 0.383 e. The number of rotatable bonds is 6. The summed E-state index contributed by atoms with van der Waals surface area (Å²) in [5.41, 5.74) is 6.16. The van der Waals surface area contributed by atoms with Gasteiger partial charge in [0.05, 0.1) is 11.6 Å². The molecule has 1 aromatic carbocycles. The molecule has 180 valence electrons. The second-order valence-electron chi connectivity index (χ2n) is 9.72. The van der Waals surface area contributed by atoms with Gasteiger partial charge in [0.15, 0.2) is 11.6 Å². The maximum atomic E-state index is 15.1. The number of anilines is 2. The van der Waals surface area contributed by atoms with Gasteiger partial charge < -0.3 is 10.3 Å². The Morgan fingerprint density at radius 1 is 1.26 bits per heavy atom. The molecule has 0 aliphatic heterocycles. The zero-order chi connectivity index (χ0) is 25.4. The Morgan fingerprint density at radius 3 is 2.53 bits per heavy atom. The maximum absolute atomic E-state index is 15.1. The highest BCUT2D eigenvalue weighted by Crippen LogP contribution is 2.34. The Morgan fingerprint density at radius 2 is 1.94 bits per heavy atom. The van der Waals surface area contributed by atoms with Crippen LogP contribution in [0.5, 0.6) is 0 Å². The molecule has 3 aromatic rings. The number of aromatic nitrogens is 3. The molecule has 3 N–H and O–H groups in total. The maximum Gasteiger partial charge on any atom is 0.234 e. The molecule has 2 aromatic heterocycles. The summed E-state index contributed by atoms with van der Waals surface area (Å²) in [6.07, 6.45) is 0.644. The lowest BCUT2D eigenvalue weighted by molar-refractivity contribution is -0.117. The first kappa shape index (κ1) is 24.9. The van der Waals surface area contributed by atoms with Crippen LogP contribution >= 0.6 is 0 Å². The third kappa shape index (κ3) is 4.93. The van der Waals surface area contributed by atoms with E-state index in [9.17, 15) is 10.1 Å². The van der Waals surface area contributed by atoms with Gasteiger partial charge in [-0.25, -0.2) is 13.5 Å². The van der Waals surface area contributed by atoms with E-state index in [2.05, 4.69) is 15.6 Å². The number of nitrogens with two attached hydrogens (primary N) is 1. The normalized spacial score (nSPS) is 12.6. The van der Waals surface area contributed by atoms with Crippen LogP contribution in [0.25, 0.3) is 11.3 Å². The number of nitrogen functional groups attached to an aromatic ring is 1. The number of carbonyl (C=O) groups excluding carboxylic acids is 1. The van der Waals surface area contributed by atoms with E-state index in [1.165, 1.54) is 23.7 Å². The van der Waals surface area contributed by atoms with Crippen LogP contribution in [0.2, 0.25) is 0 Å². The molecule has 1 unspecified atom stereocenters. The Kier molecular flexibility index (Phi) is 6.77. The molecule has 1 atom stereocenters. The van der Waals surface area contributed by atoms with Crippen molar-refractivity contribution in [2.75, 3.05) is 11.1 Å². The Bertz CT molecular complexity index is 1260. The first-order valence-electron chi connectivity index (χ1n) is 10.9. The first-order chi connectivity index (χ1) is 15.8. The summed E-state index contributed by atoms with van der Waals surface area (Å²) < 4.78 is 36.7. The van der Waals surface area contributed by atoms with Gasteiger partial charge in [-0.1, -0.05) is 32.0 Å². The number of hydrogen-bond donors (Lipinski definition) is 2. The van der Waals surface area contributed by atoms with E-state index in [-0.39, 0.29) is 45.5 Å². The molecule has 2 heterocycles. The zero-order valence-corrected chi connectivity index (χ0v) is 20.0. The molecular formula is C24H28F2N6O2. The van der Waals surface area contributed by atoms with E-state index in [0.29, 0.717) is 12.1 Å². The summed E-state index contributed by atoms with van der Waals surface area (Å²) in [6.45, 7) is 11.2. The molecule has 0 aliphatic carbocycles. The number of nitrogens with one attached hydrogen (secondary N) is 1. The molecule has 10 heteroatoms. The Labute approximate surface area is 196 Å². The molecule has 0 saturated heterocycles. The fourth-order valence-corrected chi connectivity index (χ4v) is 3.59. The van der Waals surface area contributed by atoms with Crippen LogP contribution < -0.4 is 11.1 Å². The lowest BCUT2D eigenvalue weighted by atomic mass is 9.91. The minimum absolute atomic E-state index is 0.0189. The van der Waals surface area contributed by atoms with Crippen molar-refractivity contribution in [2.45, 2.75) is 59.9 Å². The fourth-order valence-electron chi connectivity index (χ4n) is 3.59. The van der Waals surface area contributed by atoms with Crippen LogP contribution in [0.15, 0.2) is 22.7 Å². The molecule has 0 spiro atoms. The molecule has 0 fully saturated rings. The van der Waals surface area contributed by atoms with Gasteiger partial charge >= 0.3 is 0 Å². The van der Waals surface area contributed by atoms with Crippen LogP contribution in [0.3, 0.4) is 0 Å². The highest BCUT2D eigenvalue weighted by atomic mass is 19.2. The van der Waals surface area contributed by atoms with E-state index in [1.54, 1.807) is 19.9 Å². The molecule has 8 nitrogen and oxygen atoms in total. The number of nitriles is 1. The number of benzene rings is 1. The van der Waals surface area contributed by atoms with Crippen molar-refractivity contribution in [1.82, 2.24) is 14.9 Å². The topological polar surface area (TPSA) is 123 Å². The second kappa shape index (κ2) is 9.25. The van der Waals surface area contributed by atoms with Crippen molar-refractivity contribution in [3.05, 3.63) is 46.7 Å². The minimum Gasteiger partial charge on any atom is -0.383 e. The highest BCUT2D eigenvalue weighted by molar-refractivity contribution is 5.94. The van der Waals surface area contributed by atoms with E-state index in [4.69, 9.17) is 10.3 Å². The van der Waals surface area contributed by atoms with Crippen molar-refractivity contribution in [1.29, 1.82) is 5.26 Å². The average Bonchev–Trinajstić information content (AvgIpc) is 3.31. The number of amides is 1. The van der Waals surface area contributed by atoms with Crippen LogP contribution in [0.4, 0.5) is 20.5 Å². The van der Waals surface area contributed by atoms with Crippen molar-refractivity contribution >= 4 is 17.6 Å². The third-order valence-corrected chi connectivity index (χ3v) is 5.29. The summed E-state index contributed by atoms with van der Waals surface area (Å²) in [5, 5.41) is 20.2. The quantitative estimate of drug-likeness (QED) is 0.512. The molecule has 0 radical (unpaired) electrons. The Balaban J connectivity index is 1.87. The monoisotopic (exact) mass is 470 g/mol. The summed E-state index contributed by atoms with van der Waals surface area (Å²) in [5.74, 6) is -3.84. The average molecular weight is 471 g/mol. The molecule has 0 bridgehead atoms. The van der Waals surface area contributed by atoms with Crippen LogP contribution in [-0.4, -0.2) is 20.8 Å². The van der Waals surface area contributed by atoms with Crippen LogP contribution in [-0.2, 0) is 11.2 Å². The van der Waals surface area contributed by atoms with Gasteiger partial charge in [-0.05, 0) is 38.7 Å². The Hall–Kier alpha value is -3.74. The molecule has 3 rings (SSSR count). The first-order valence-corrected chi connectivity index (χ1v) is 10.9. The van der Waals surface area contributed by atoms with Gasteiger partial charge in [-0.2, -0.15) is 10.4 Å². The summed E-state index contributed by atoms with van der Waals surface area (Å²) in [7, 11) is 0. The van der Waals surface area contributed by atoms with Crippen molar-refractivity contribution in [2.24, 2.45) is 5.41 Å². The third-order valence-electron chi connectivity index (χ3n) is 5.29. The van der Waals surface area contributed by atoms with E-state index in [0.717, 1.165) is 0 Å². The van der Waals surface area contributed by atoms with Gasteiger partial charge in [0.2, 0.25) is 11.8 Å². The molecule has 34 heavy (non-hydrogen) atoms. The van der Waals surface area contributed by atoms with Crippen molar-refractivity contribution in [3.8, 4) is 17.3 Å². The molecule has 0 aliphatic rings. The van der Waals surface area contributed by atoms with E-state index in [1.807, 2.05) is 26.8 Å². The minimum atomic E-state index is -1.21. The van der Waals surface area contributed by atoms with Gasteiger partial charge in [0.1, 0.15) is 23.1 Å².